The van der Waals surface area contributed by atoms with Gasteiger partial charge in [-0.05, 0) is 48.6 Å². The average Bonchev–Trinajstić information content (AvgIpc) is 2.94. The van der Waals surface area contributed by atoms with Gasteiger partial charge in [0.15, 0.2) is 6.61 Å². The zero-order valence-corrected chi connectivity index (χ0v) is 16.0. The molecule has 25 heavy (non-hydrogen) atoms. The van der Waals surface area contributed by atoms with Crippen molar-refractivity contribution in [3.05, 3.63) is 51.2 Å². The van der Waals surface area contributed by atoms with Crippen molar-refractivity contribution in [3.63, 3.8) is 0 Å². The molecule has 1 aromatic heterocycles. The second kappa shape index (κ2) is 8.81. The Morgan fingerprint density at radius 2 is 1.88 bits per heavy atom. The van der Waals surface area contributed by atoms with Gasteiger partial charge in [-0.2, -0.15) is 0 Å². The Morgan fingerprint density at radius 1 is 1.20 bits per heavy atom. The van der Waals surface area contributed by atoms with Gasteiger partial charge in [0.1, 0.15) is 4.88 Å². The summed E-state index contributed by atoms with van der Waals surface area (Å²) in [6.45, 7) is 8.05. The fourth-order valence-corrected chi connectivity index (χ4v) is 3.45. The summed E-state index contributed by atoms with van der Waals surface area (Å²) in [5, 5.41) is 2.74. The molecule has 0 unspecified atom stereocenters. The maximum absolute atomic E-state index is 12.1. The number of rotatable bonds is 7. The van der Waals surface area contributed by atoms with Gasteiger partial charge in [0.2, 0.25) is 0 Å². The van der Waals surface area contributed by atoms with Crippen molar-refractivity contribution in [2.45, 2.75) is 46.5 Å². The second-order valence-electron chi connectivity index (χ2n) is 6.34. The fraction of sp³-hybridized carbons (Fsp3) is 0.400. The van der Waals surface area contributed by atoms with Crippen molar-refractivity contribution in [1.29, 1.82) is 0 Å². The number of nitrogens with one attached hydrogen (secondary N) is 1. The molecule has 134 valence electrons. The molecular weight excluding hydrogens is 334 g/mol. The number of benzene rings is 1. The first-order valence-corrected chi connectivity index (χ1v) is 9.38. The summed E-state index contributed by atoms with van der Waals surface area (Å²) in [5.74, 6) is -0.342. The van der Waals surface area contributed by atoms with Gasteiger partial charge >= 0.3 is 5.97 Å². The Balaban J connectivity index is 1.86. The van der Waals surface area contributed by atoms with Crippen LogP contribution in [0.2, 0.25) is 0 Å². The van der Waals surface area contributed by atoms with E-state index in [1.807, 2.05) is 37.3 Å². The quantitative estimate of drug-likeness (QED) is 0.713. The monoisotopic (exact) mass is 359 g/mol. The van der Waals surface area contributed by atoms with Crippen molar-refractivity contribution < 1.29 is 14.3 Å². The van der Waals surface area contributed by atoms with Crippen molar-refractivity contribution in [1.82, 2.24) is 0 Å². The maximum Gasteiger partial charge on any atom is 0.348 e. The van der Waals surface area contributed by atoms with E-state index in [0.29, 0.717) is 16.5 Å². The molecule has 0 saturated heterocycles. The molecule has 2 aromatic rings. The van der Waals surface area contributed by atoms with Crippen LogP contribution in [0.25, 0.3) is 0 Å². The number of ether oxygens (including phenoxy) is 1. The Bertz CT molecular complexity index is 732. The predicted octanol–water partition coefficient (Wildman–Crippen LogP) is 4.93. The van der Waals surface area contributed by atoms with E-state index in [1.165, 1.54) is 22.5 Å². The average molecular weight is 359 g/mol. The first-order valence-electron chi connectivity index (χ1n) is 8.57. The van der Waals surface area contributed by atoms with Crippen LogP contribution in [-0.4, -0.2) is 18.5 Å². The minimum atomic E-state index is -0.444. The number of carbonyl (C=O) groups is 2. The summed E-state index contributed by atoms with van der Waals surface area (Å²) in [6, 6.07) is 9.55. The number of aryl methyl sites for hydroxylation is 2. The van der Waals surface area contributed by atoms with Crippen LogP contribution in [0.15, 0.2) is 30.3 Å². The van der Waals surface area contributed by atoms with Gasteiger partial charge in [0.05, 0.1) is 0 Å². The molecule has 0 saturated carbocycles. The van der Waals surface area contributed by atoms with E-state index in [1.54, 1.807) is 0 Å². The number of anilines is 1. The van der Waals surface area contributed by atoms with E-state index >= 15 is 0 Å². The topological polar surface area (TPSA) is 55.4 Å². The standard InChI is InChI=1S/C20H25NO3S/c1-5-6-16-11-18(25-14(16)4)20(23)24-12-19(22)21-17-9-7-15(8-10-17)13(2)3/h7-11,13H,5-6,12H2,1-4H3,(H,21,22). The van der Waals surface area contributed by atoms with Crippen molar-refractivity contribution in [2.75, 3.05) is 11.9 Å². The van der Waals surface area contributed by atoms with E-state index < -0.39 is 5.97 Å². The molecular formula is C20H25NO3S. The van der Waals surface area contributed by atoms with E-state index in [-0.39, 0.29) is 12.5 Å². The SMILES string of the molecule is CCCc1cc(C(=O)OCC(=O)Nc2ccc(C(C)C)cc2)sc1C. The van der Waals surface area contributed by atoms with Crippen molar-refractivity contribution >= 4 is 28.9 Å². The van der Waals surface area contributed by atoms with Crippen LogP contribution in [-0.2, 0) is 16.0 Å². The smallest absolute Gasteiger partial charge is 0.348 e. The normalized spacial score (nSPS) is 10.8. The third-order valence-electron chi connectivity index (χ3n) is 3.94. The van der Waals surface area contributed by atoms with Crippen molar-refractivity contribution in [2.24, 2.45) is 0 Å². The molecule has 1 amide bonds. The summed E-state index contributed by atoms with van der Waals surface area (Å²) < 4.78 is 5.13. The molecule has 5 heteroatoms. The first-order chi connectivity index (χ1) is 11.9. The molecule has 1 aromatic carbocycles. The van der Waals surface area contributed by atoms with Crippen LogP contribution in [0.4, 0.5) is 5.69 Å². The van der Waals surface area contributed by atoms with Gasteiger partial charge in [-0.25, -0.2) is 4.79 Å². The van der Waals surface area contributed by atoms with Gasteiger partial charge in [0.25, 0.3) is 5.91 Å². The molecule has 1 heterocycles. The third-order valence-corrected chi connectivity index (χ3v) is 5.01. The molecule has 0 atom stereocenters. The van der Waals surface area contributed by atoms with Gasteiger partial charge in [0, 0.05) is 10.6 Å². The Kier molecular flexibility index (Phi) is 6.76. The van der Waals surface area contributed by atoms with Crippen LogP contribution >= 0.6 is 11.3 Å². The summed E-state index contributed by atoms with van der Waals surface area (Å²) in [6.07, 6.45) is 1.98. The van der Waals surface area contributed by atoms with Gasteiger partial charge in [-0.1, -0.05) is 39.3 Å². The molecule has 2 rings (SSSR count). The number of hydrogen-bond acceptors (Lipinski definition) is 4. The molecule has 0 radical (unpaired) electrons. The predicted molar refractivity (Wildman–Crippen MR) is 102 cm³/mol. The summed E-state index contributed by atoms with van der Waals surface area (Å²) in [5.41, 5.74) is 3.08. The van der Waals surface area contributed by atoms with Crippen molar-refractivity contribution in [3.8, 4) is 0 Å². The van der Waals surface area contributed by atoms with Crippen LogP contribution in [0, 0.1) is 6.92 Å². The third kappa shape index (κ3) is 5.43. The number of esters is 1. The summed E-state index contributed by atoms with van der Waals surface area (Å²) >= 11 is 1.42. The van der Waals surface area contributed by atoms with Gasteiger partial charge in [-0.15, -0.1) is 11.3 Å². The molecule has 4 nitrogen and oxygen atoms in total. The van der Waals surface area contributed by atoms with E-state index in [4.69, 9.17) is 4.74 Å². The first kappa shape index (κ1) is 19.2. The van der Waals surface area contributed by atoms with Crippen LogP contribution in [0.5, 0.6) is 0 Å². The lowest BCUT2D eigenvalue weighted by molar-refractivity contribution is -0.119. The minimum absolute atomic E-state index is 0.287. The summed E-state index contributed by atoms with van der Waals surface area (Å²) in [4.78, 5) is 25.7. The maximum atomic E-state index is 12.1. The number of thiophene rings is 1. The highest BCUT2D eigenvalue weighted by Crippen LogP contribution is 2.23. The van der Waals surface area contributed by atoms with E-state index in [2.05, 4.69) is 26.1 Å². The lowest BCUT2D eigenvalue weighted by atomic mass is 10.0. The molecule has 0 fully saturated rings. The van der Waals surface area contributed by atoms with Gasteiger partial charge in [-0.3, -0.25) is 4.79 Å². The number of hydrogen-bond donors (Lipinski definition) is 1. The van der Waals surface area contributed by atoms with Crippen LogP contribution in [0.1, 0.15) is 58.8 Å². The lowest BCUT2D eigenvalue weighted by Gasteiger charge is -2.08. The Labute approximate surface area is 153 Å². The molecule has 0 aliphatic heterocycles. The molecule has 0 aliphatic carbocycles. The fourth-order valence-electron chi connectivity index (χ4n) is 2.49. The molecule has 0 spiro atoms. The highest BCUT2D eigenvalue weighted by molar-refractivity contribution is 7.14. The Hall–Kier alpha value is -2.14. The minimum Gasteiger partial charge on any atom is -0.451 e. The van der Waals surface area contributed by atoms with E-state index in [0.717, 1.165) is 17.7 Å². The van der Waals surface area contributed by atoms with E-state index in [9.17, 15) is 9.59 Å². The highest BCUT2D eigenvalue weighted by Gasteiger charge is 2.15. The lowest BCUT2D eigenvalue weighted by Crippen LogP contribution is -2.20. The molecule has 0 aliphatic rings. The molecule has 0 bridgehead atoms. The Morgan fingerprint density at radius 3 is 2.48 bits per heavy atom. The summed E-state index contributed by atoms with van der Waals surface area (Å²) in [7, 11) is 0. The largest absolute Gasteiger partial charge is 0.451 e. The number of carbonyl (C=O) groups excluding carboxylic acids is 2. The zero-order chi connectivity index (χ0) is 18.4. The zero-order valence-electron chi connectivity index (χ0n) is 15.2. The van der Waals surface area contributed by atoms with Crippen LogP contribution in [0.3, 0.4) is 0 Å². The highest BCUT2D eigenvalue weighted by atomic mass is 32.1. The molecule has 1 N–H and O–H groups in total. The number of amides is 1. The van der Waals surface area contributed by atoms with Gasteiger partial charge < -0.3 is 10.1 Å². The second-order valence-corrected chi connectivity index (χ2v) is 7.60. The van der Waals surface area contributed by atoms with Crippen LogP contribution < -0.4 is 5.32 Å².